The quantitative estimate of drug-likeness (QED) is 0.591. The van der Waals surface area contributed by atoms with Crippen molar-refractivity contribution in [2.24, 2.45) is 0 Å². The van der Waals surface area contributed by atoms with Crippen LogP contribution in [0.3, 0.4) is 0 Å². The van der Waals surface area contributed by atoms with E-state index in [1.165, 1.54) is 0 Å². The Labute approximate surface area is 126 Å². The van der Waals surface area contributed by atoms with Crippen LogP contribution in [0.15, 0.2) is 36.4 Å². The number of para-hydroxylation sites is 1. The maximum absolute atomic E-state index is 11.2. The summed E-state index contributed by atoms with van der Waals surface area (Å²) in [6.07, 6.45) is 0. The zero-order chi connectivity index (χ0) is 15.7. The van der Waals surface area contributed by atoms with Gasteiger partial charge in [0, 0.05) is 6.07 Å². The van der Waals surface area contributed by atoms with Crippen LogP contribution in [0.1, 0.15) is 11.1 Å². The standard InChI is InChI=1S/C15H15N5O2/c1-10-7-13(15(20(21)22)8-11(10)2)16-9-19-14-6-4-3-5-12(14)17-18-19/h3-8,16H,9H2,1-2H3. The van der Waals surface area contributed by atoms with Crippen molar-refractivity contribution in [2.75, 3.05) is 5.32 Å². The highest BCUT2D eigenvalue weighted by molar-refractivity contribution is 5.74. The van der Waals surface area contributed by atoms with Gasteiger partial charge in [-0.25, -0.2) is 4.68 Å². The molecule has 0 aliphatic rings. The number of nitrogens with zero attached hydrogens (tertiary/aromatic N) is 4. The van der Waals surface area contributed by atoms with Crippen molar-refractivity contribution >= 4 is 22.4 Å². The minimum Gasteiger partial charge on any atom is -0.361 e. The number of nitro benzene ring substituents is 1. The molecule has 0 bridgehead atoms. The molecule has 3 rings (SSSR count). The van der Waals surface area contributed by atoms with Crippen molar-refractivity contribution < 1.29 is 4.92 Å². The minimum atomic E-state index is -0.381. The van der Waals surface area contributed by atoms with E-state index in [4.69, 9.17) is 0 Å². The van der Waals surface area contributed by atoms with Crippen LogP contribution in [0.2, 0.25) is 0 Å². The molecule has 0 atom stereocenters. The number of benzene rings is 2. The summed E-state index contributed by atoms with van der Waals surface area (Å²) in [4.78, 5) is 10.8. The molecule has 2 aromatic carbocycles. The van der Waals surface area contributed by atoms with Crippen LogP contribution in [-0.2, 0) is 6.67 Å². The highest BCUT2D eigenvalue weighted by Gasteiger charge is 2.15. The fraction of sp³-hybridized carbons (Fsp3) is 0.200. The lowest BCUT2D eigenvalue weighted by atomic mass is 10.1. The van der Waals surface area contributed by atoms with Crippen LogP contribution in [0.5, 0.6) is 0 Å². The van der Waals surface area contributed by atoms with E-state index in [1.807, 2.05) is 38.1 Å². The fourth-order valence-corrected chi connectivity index (χ4v) is 2.29. The van der Waals surface area contributed by atoms with Crippen molar-refractivity contribution in [3.63, 3.8) is 0 Å². The lowest BCUT2D eigenvalue weighted by Crippen LogP contribution is -2.11. The number of fused-ring (bicyclic) bond motifs is 1. The van der Waals surface area contributed by atoms with Gasteiger partial charge in [-0.1, -0.05) is 17.3 Å². The Hall–Kier alpha value is -2.96. The number of hydrogen-bond acceptors (Lipinski definition) is 5. The summed E-state index contributed by atoms with van der Waals surface area (Å²) in [5, 5.41) is 22.4. The van der Waals surface area contributed by atoms with Crippen molar-refractivity contribution in [3.05, 3.63) is 57.6 Å². The Balaban J connectivity index is 1.90. The Morgan fingerprint density at radius 3 is 2.73 bits per heavy atom. The average Bonchev–Trinajstić information content (AvgIpc) is 2.91. The van der Waals surface area contributed by atoms with Crippen LogP contribution in [0.25, 0.3) is 11.0 Å². The fourth-order valence-electron chi connectivity index (χ4n) is 2.29. The molecule has 0 radical (unpaired) electrons. The molecule has 0 aliphatic carbocycles. The summed E-state index contributed by atoms with van der Waals surface area (Å²) < 4.78 is 1.67. The highest BCUT2D eigenvalue weighted by atomic mass is 16.6. The van der Waals surface area contributed by atoms with Crippen molar-refractivity contribution in [1.82, 2.24) is 15.0 Å². The number of aromatic nitrogens is 3. The third-order valence-corrected chi connectivity index (χ3v) is 3.65. The zero-order valence-electron chi connectivity index (χ0n) is 12.3. The minimum absolute atomic E-state index is 0.0625. The van der Waals surface area contributed by atoms with E-state index in [-0.39, 0.29) is 10.6 Å². The number of nitrogens with one attached hydrogen (secondary N) is 1. The normalized spacial score (nSPS) is 10.8. The molecule has 0 saturated carbocycles. The second-order valence-electron chi connectivity index (χ2n) is 5.12. The van der Waals surface area contributed by atoms with Gasteiger partial charge in [0.15, 0.2) is 0 Å². The number of nitro groups is 1. The van der Waals surface area contributed by atoms with E-state index in [1.54, 1.807) is 16.8 Å². The third kappa shape index (κ3) is 2.48. The number of anilines is 1. The van der Waals surface area contributed by atoms with Gasteiger partial charge >= 0.3 is 0 Å². The molecule has 112 valence electrons. The predicted molar refractivity (Wildman–Crippen MR) is 83.7 cm³/mol. The van der Waals surface area contributed by atoms with Crippen LogP contribution >= 0.6 is 0 Å². The SMILES string of the molecule is Cc1cc(NCn2nnc3ccccc32)c([N+](=O)[O-])cc1C. The topological polar surface area (TPSA) is 85.9 Å². The largest absolute Gasteiger partial charge is 0.361 e. The van der Waals surface area contributed by atoms with Gasteiger partial charge < -0.3 is 5.32 Å². The molecule has 3 aromatic rings. The van der Waals surface area contributed by atoms with Crippen LogP contribution < -0.4 is 5.32 Å². The van der Waals surface area contributed by atoms with Crippen LogP contribution in [-0.4, -0.2) is 19.9 Å². The maximum Gasteiger partial charge on any atom is 0.292 e. The highest BCUT2D eigenvalue weighted by Crippen LogP contribution is 2.28. The summed E-state index contributed by atoms with van der Waals surface area (Å²) in [6.45, 7) is 4.09. The van der Waals surface area contributed by atoms with Gasteiger partial charge in [-0.15, -0.1) is 5.10 Å². The number of aryl methyl sites for hydroxylation is 2. The van der Waals surface area contributed by atoms with Gasteiger partial charge in [0.25, 0.3) is 5.69 Å². The monoisotopic (exact) mass is 297 g/mol. The second kappa shape index (κ2) is 5.44. The van der Waals surface area contributed by atoms with Gasteiger partial charge in [-0.2, -0.15) is 0 Å². The van der Waals surface area contributed by atoms with E-state index < -0.39 is 0 Å². The van der Waals surface area contributed by atoms with Crippen LogP contribution in [0, 0.1) is 24.0 Å². The Kier molecular flexibility index (Phi) is 3.46. The van der Waals surface area contributed by atoms with Gasteiger partial charge in [-0.05, 0) is 43.2 Å². The molecule has 7 heteroatoms. The maximum atomic E-state index is 11.2. The van der Waals surface area contributed by atoms with Gasteiger partial charge in [-0.3, -0.25) is 10.1 Å². The molecule has 0 saturated heterocycles. The second-order valence-corrected chi connectivity index (χ2v) is 5.12. The molecule has 0 unspecified atom stereocenters. The summed E-state index contributed by atoms with van der Waals surface area (Å²) in [5.74, 6) is 0. The first-order chi connectivity index (χ1) is 10.6. The van der Waals surface area contributed by atoms with E-state index in [2.05, 4.69) is 15.6 Å². The lowest BCUT2D eigenvalue weighted by molar-refractivity contribution is -0.384. The van der Waals surface area contributed by atoms with Crippen LogP contribution in [0.4, 0.5) is 11.4 Å². The molecular formula is C15H15N5O2. The molecule has 1 aromatic heterocycles. The predicted octanol–water partition coefficient (Wildman–Crippen LogP) is 3.03. The number of hydrogen-bond donors (Lipinski definition) is 1. The molecule has 1 N–H and O–H groups in total. The van der Waals surface area contributed by atoms with Gasteiger partial charge in [0.1, 0.15) is 17.9 Å². The Bertz CT molecular complexity index is 856. The molecule has 1 heterocycles. The smallest absolute Gasteiger partial charge is 0.292 e. The van der Waals surface area contributed by atoms with E-state index in [0.717, 1.165) is 22.2 Å². The summed E-state index contributed by atoms with van der Waals surface area (Å²) >= 11 is 0. The molecule has 7 nitrogen and oxygen atoms in total. The lowest BCUT2D eigenvalue weighted by Gasteiger charge is -2.10. The first kappa shape index (κ1) is 14.0. The van der Waals surface area contributed by atoms with E-state index in [9.17, 15) is 10.1 Å². The molecule has 22 heavy (non-hydrogen) atoms. The average molecular weight is 297 g/mol. The molecule has 0 amide bonds. The van der Waals surface area contributed by atoms with Crippen molar-refractivity contribution in [3.8, 4) is 0 Å². The molecule has 0 fully saturated rings. The van der Waals surface area contributed by atoms with E-state index in [0.29, 0.717) is 12.4 Å². The third-order valence-electron chi connectivity index (χ3n) is 3.65. The van der Waals surface area contributed by atoms with Gasteiger partial charge in [0.2, 0.25) is 0 Å². The first-order valence-corrected chi connectivity index (χ1v) is 6.84. The Morgan fingerprint density at radius 2 is 1.95 bits per heavy atom. The Morgan fingerprint density at radius 1 is 1.23 bits per heavy atom. The summed E-state index contributed by atoms with van der Waals surface area (Å²) in [6, 6.07) is 10.9. The molecule has 0 aliphatic heterocycles. The zero-order valence-corrected chi connectivity index (χ0v) is 12.3. The van der Waals surface area contributed by atoms with Gasteiger partial charge in [0.05, 0.1) is 10.4 Å². The summed E-state index contributed by atoms with van der Waals surface area (Å²) in [7, 11) is 0. The first-order valence-electron chi connectivity index (χ1n) is 6.84. The van der Waals surface area contributed by atoms with Crippen molar-refractivity contribution in [2.45, 2.75) is 20.5 Å². The number of rotatable bonds is 4. The molecule has 0 spiro atoms. The summed E-state index contributed by atoms with van der Waals surface area (Å²) in [5.41, 5.74) is 4.10. The van der Waals surface area contributed by atoms with E-state index >= 15 is 0 Å². The van der Waals surface area contributed by atoms with Crippen molar-refractivity contribution in [1.29, 1.82) is 0 Å². The molecular weight excluding hydrogens is 282 g/mol.